The molecule has 1 heterocycles. The normalized spacial score (nSPS) is 10.7. The molecule has 0 aliphatic rings. The second-order valence-corrected chi connectivity index (χ2v) is 6.49. The highest BCUT2D eigenvalue weighted by atomic mass is 32.2. The SMILES string of the molecule is Fc1ccc(-c2ccccc2)cc1-c1cnc(NSc2ccccc2)o1. The largest absolute Gasteiger partial charge is 0.423 e. The summed E-state index contributed by atoms with van der Waals surface area (Å²) in [6, 6.07) is 25.0. The highest BCUT2D eigenvalue weighted by Crippen LogP contribution is 2.31. The minimum atomic E-state index is -0.344. The van der Waals surface area contributed by atoms with Crippen molar-refractivity contribution in [1.82, 2.24) is 4.98 Å². The molecule has 0 atom stereocenters. The monoisotopic (exact) mass is 362 g/mol. The molecule has 0 aliphatic carbocycles. The van der Waals surface area contributed by atoms with Gasteiger partial charge in [-0.2, -0.15) is 0 Å². The van der Waals surface area contributed by atoms with E-state index in [1.807, 2.05) is 60.7 Å². The molecule has 5 heteroatoms. The van der Waals surface area contributed by atoms with E-state index in [4.69, 9.17) is 4.42 Å². The Morgan fingerprint density at radius 2 is 1.58 bits per heavy atom. The van der Waals surface area contributed by atoms with Crippen molar-refractivity contribution in [3.05, 3.63) is 90.9 Å². The number of anilines is 1. The van der Waals surface area contributed by atoms with Gasteiger partial charge in [0, 0.05) is 4.90 Å². The molecule has 0 spiro atoms. The average molecular weight is 362 g/mol. The Labute approximate surface area is 155 Å². The van der Waals surface area contributed by atoms with Gasteiger partial charge < -0.3 is 4.42 Å². The minimum Gasteiger partial charge on any atom is -0.423 e. The molecule has 0 radical (unpaired) electrons. The summed E-state index contributed by atoms with van der Waals surface area (Å²) < 4.78 is 23.0. The first-order valence-corrected chi connectivity index (χ1v) is 8.90. The van der Waals surface area contributed by atoms with Crippen LogP contribution in [0, 0.1) is 5.82 Å². The molecule has 0 amide bonds. The molecule has 4 rings (SSSR count). The number of nitrogens with zero attached hydrogens (tertiary/aromatic N) is 1. The van der Waals surface area contributed by atoms with Crippen LogP contribution in [0.5, 0.6) is 0 Å². The summed E-state index contributed by atoms with van der Waals surface area (Å²) in [7, 11) is 0. The third kappa shape index (κ3) is 3.63. The second kappa shape index (κ2) is 7.45. The predicted molar refractivity (Wildman–Crippen MR) is 103 cm³/mol. The van der Waals surface area contributed by atoms with Crippen molar-refractivity contribution in [3.63, 3.8) is 0 Å². The molecule has 0 fully saturated rings. The summed E-state index contributed by atoms with van der Waals surface area (Å²) in [6.45, 7) is 0. The molecule has 0 bridgehead atoms. The number of rotatable bonds is 5. The molecule has 1 N–H and O–H groups in total. The number of aromatic nitrogens is 1. The lowest BCUT2D eigenvalue weighted by Gasteiger charge is -2.05. The maximum absolute atomic E-state index is 14.3. The van der Waals surface area contributed by atoms with Gasteiger partial charge in [0.25, 0.3) is 0 Å². The van der Waals surface area contributed by atoms with Gasteiger partial charge in [-0.05, 0) is 47.3 Å². The first-order chi connectivity index (χ1) is 12.8. The quantitative estimate of drug-likeness (QED) is 0.425. The van der Waals surface area contributed by atoms with E-state index in [1.54, 1.807) is 12.1 Å². The summed E-state index contributed by atoms with van der Waals surface area (Å²) in [5.74, 6) is 0.0412. The van der Waals surface area contributed by atoms with Crippen LogP contribution in [0.1, 0.15) is 0 Å². The van der Waals surface area contributed by atoms with E-state index in [9.17, 15) is 4.39 Å². The summed E-state index contributed by atoms with van der Waals surface area (Å²) >= 11 is 1.39. The van der Waals surface area contributed by atoms with E-state index >= 15 is 0 Å². The Kier molecular flexibility index (Phi) is 4.71. The van der Waals surface area contributed by atoms with Crippen LogP contribution in [0.3, 0.4) is 0 Å². The van der Waals surface area contributed by atoms with Crippen molar-refractivity contribution >= 4 is 18.0 Å². The van der Waals surface area contributed by atoms with Crippen LogP contribution in [0.2, 0.25) is 0 Å². The third-order valence-electron chi connectivity index (χ3n) is 3.84. The van der Waals surface area contributed by atoms with Crippen molar-refractivity contribution in [2.75, 3.05) is 4.72 Å². The number of halogens is 1. The standard InChI is InChI=1S/C21H15FN2OS/c22-19-12-11-16(15-7-3-1-4-8-15)13-18(19)20-14-23-21(25-20)24-26-17-9-5-2-6-10-17/h1-14H,(H,23,24). The fourth-order valence-electron chi connectivity index (χ4n) is 2.56. The summed E-state index contributed by atoms with van der Waals surface area (Å²) in [5.41, 5.74) is 2.33. The Morgan fingerprint density at radius 3 is 2.35 bits per heavy atom. The van der Waals surface area contributed by atoms with Crippen LogP contribution in [0.25, 0.3) is 22.5 Å². The number of hydrogen-bond acceptors (Lipinski definition) is 4. The molecule has 3 aromatic carbocycles. The molecule has 3 nitrogen and oxygen atoms in total. The van der Waals surface area contributed by atoms with Crippen molar-refractivity contribution < 1.29 is 8.81 Å². The van der Waals surface area contributed by atoms with E-state index in [2.05, 4.69) is 9.71 Å². The highest BCUT2D eigenvalue weighted by Gasteiger charge is 2.13. The van der Waals surface area contributed by atoms with Crippen LogP contribution in [-0.4, -0.2) is 4.98 Å². The lowest BCUT2D eigenvalue weighted by molar-refractivity contribution is 0.580. The molecule has 0 unspecified atom stereocenters. The van der Waals surface area contributed by atoms with Crippen molar-refractivity contribution in [2.24, 2.45) is 0 Å². The number of benzene rings is 3. The van der Waals surface area contributed by atoms with Gasteiger partial charge in [0.1, 0.15) is 5.82 Å². The average Bonchev–Trinajstić information content (AvgIpc) is 3.17. The lowest BCUT2D eigenvalue weighted by atomic mass is 10.0. The number of oxazole rings is 1. The van der Waals surface area contributed by atoms with Crippen molar-refractivity contribution in [1.29, 1.82) is 0 Å². The zero-order chi connectivity index (χ0) is 17.8. The summed E-state index contributed by atoms with van der Waals surface area (Å²) in [5, 5.41) is 0. The van der Waals surface area contributed by atoms with Gasteiger partial charge >= 0.3 is 6.01 Å². The molecule has 1 aromatic heterocycles. The van der Waals surface area contributed by atoms with Crippen molar-refractivity contribution in [2.45, 2.75) is 4.90 Å². The molecule has 0 aliphatic heterocycles. The molecular weight excluding hydrogens is 347 g/mol. The van der Waals surface area contributed by atoms with Gasteiger partial charge in [0.05, 0.1) is 11.8 Å². The van der Waals surface area contributed by atoms with E-state index in [0.29, 0.717) is 17.3 Å². The topological polar surface area (TPSA) is 38.1 Å². The van der Waals surface area contributed by atoms with E-state index in [-0.39, 0.29) is 5.82 Å². The molecule has 0 saturated heterocycles. The van der Waals surface area contributed by atoms with Crippen molar-refractivity contribution in [3.8, 4) is 22.5 Å². The molecule has 128 valence electrons. The molecule has 4 aromatic rings. The Hall–Kier alpha value is -3.05. The van der Waals surface area contributed by atoms with Gasteiger partial charge in [0.15, 0.2) is 5.76 Å². The predicted octanol–water partition coefficient (Wildman–Crippen LogP) is 6.27. The first kappa shape index (κ1) is 16.4. The summed E-state index contributed by atoms with van der Waals surface area (Å²) in [6.07, 6.45) is 1.53. The van der Waals surface area contributed by atoms with Crippen LogP contribution >= 0.6 is 11.9 Å². The Balaban J connectivity index is 1.57. The lowest BCUT2D eigenvalue weighted by Crippen LogP contribution is -1.86. The zero-order valence-electron chi connectivity index (χ0n) is 13.7. The number of hydrogen-bond donors (Lipinski definition) is 1. The van der Waals surface area contributed by atoms with Gasteiger partial charge in [-0.3, -0.25) is 4.72 Å². The molecule has 26 heavy (non-hydrogen) atoms. The maximum atomic E-state index is 14.3. The van der Waals surface area contributed by atoms with E-state index in [0.717, 1.165) is 16.0 Å². The Morgan fingerprint density at radius 1 is 0.846 bits per heavy atom. The van der Waals surface area contributed by atoms with Gasteiger partial charge in [0.2, 0.25) is 0 Å². The van der Waals surface area contributed by atoms with Crippen LogP contribution < -0.4 is 4.72 Å². The van der Waals surface area contributed by atoms with E-state index in [1.165, 1.54) is 24.2 Å². The third-order valence-corrected chi connectivity index (χ3v) is 4.63. The highest BCUT2D eigenvalue weighted by molar-refractivity contribution is 8.00. The zero-order valence-corrected chi connectivity index (χ0v) is 14.5. The first-order valence-electron chi connectivity index (χ1n) is 8.09. The van der Waals surface area contributed by atoms with Gasteiger partial charge in [-0.15, -0.1) is 0 Å². The maximum Gasteiger partial charge on any atom is 0.305 e. The van der Waals surface area contributed by atoms with Gasteiger partial charge in [-0.25, -0.2) is 9.37 Å². The fraction of sp³-hybridized carbons (Fsp3) is 0. The minimum absolute atomic E-state index is 0.332. The molecular formula is C21H15FN2OS. The number of nitrogens with one attached hydrogen (secondary N) is 1. The van der Waals surface area contributed by atoms with Crippen LogP contribution in [0.4, 0.5) is 10.4 Å². The van der Waals surface area contributed by atoms with Crippen LogP contribution in [0.15, 0.2) is 94.4 Å². The smallest absolute Gasteiger partial charge is 0.305 e. The Bertz CT molecular complexity index is 1000. The fourth-order valence-corrected chi connectivity index (χ4v) is 3.15. The second-order valence-electron chi connectivity index (χ2n) is 5.61. The van der Waals surface area contributed by atoms with Crippen LogP contribution in [-0.2, 0) is 0 Å². The van der Waals surface area contributed by atoms with Gasteiger partial charge in [-0.1, -0.05) is 54.6 Å². The summed E-state index contributed by atoms with van der Waals surface area (Å²) in [4.78, 5) is 5.22. The van der Waals surface area contributed by atoms with E-state index < -0.39 is 0 Å². The molecule has 0 saturated carbocycles.